The molecule has 0 unspecified atom stereocenters. The first-order valence-electron chi connectivity index (χ1n) is 12.2. The summed E-state index contributed by atoms with van der Waals surface area (Å²) < 4.78 is 6.44. The summed E-state index contributed by atoms with van der Waals surface area (Å²) in [6, 6.07) is 5.51. The van der Waals surface area contributed by atoms with Crippen molar-refractivity contribution >= 4 is 34.0 Å². The first kappa shape index (κ1) is 28.9. The number of nitrogens with zero attached hydrogens (tertiary/aromatic N) is 1. The maximum absolute atomic E-state index is 11.9. The van der Waals surface area contributed by atoms with Crippen LogP contribution in [0.5, 0.6) is 5.75 Å². The number of carbonyl (C=O) groups excluding carboxylic acids is 2. The Morgan fingerprint density at radius 3 is 2.27 bits per heavy atom. The van der Waals surface area contributed by atoms with E-state index in [0.717, 1.165) is 17.3 Å². The van der Waals surface area contributed by atoms with Crippen molar-refractivity contribution in [1.29, 1.82) is 0 Å². The van der Waals surface area contributed by atoms with Crippen LogP contribution in [0.2, 0.25) is 0 Å². The summed E-state index contributed by atoms with van der Waals surface area (Å²) in [5.41, 5.74) is 3.14. The van der Waals surface area contributed by atoms with Gasteiger partial charge in [-0.1, -0.05) is 99.7 Å². The van der Waals surface area contributed by atoms with Crippen molar-refractivity contribution in [3.63, 3.8) is 0 Å². The van der Waals surface area contributed by atoms with Crippen LogP contribution in [0.15, 0.2) is 40.4 Å². The van der Waals surface area contributed by atoms with Crippen LogP contribution in [-0.4, -0.2) is 31.2 Å². The Bertz CT molecular complexity index is 737. The molecule has 0 aromatic heterocycles. The summed E-state index contributed by atoms with van der Waals surface area (Å²) in [5.74, 6) is 0.163. The average molecular weight is 523 g/mol. The molecule has 0 fully saturated rings. The van der Waals surface area contributed by atoms with E-state index in [4.69, 9.17) is 4.74 Å². The molecule has 0 saturated heterocycles. The zero-order chi connectivity index (χ0) is 24.2. The second kappa shape index (κ2) is 19.3. The summed E-state index contributed by atoms with van der Waals surface area (Å²) >= 11 is 3.41. The van der Waals surface area contributed by atoms with E-state index in [1.165, 1.54) is 64.0 Å². The van der Waals surface area contributed by atoms with E-state index in [9.17, 15) is 9.59 Å². The molecule has 0 bridgehead atoms. The molecule has 7 heteroatoms. The molecule has 33 heavy (non-hydrogen) atoms. The number of hydrazone groups is 1. The van der Waals surface area contributed by atoms with Crippen LogP contribution in [0.4, 0.5) is 0 Å². The number of benzene rings is 1. The Kier molecular flexibility index (Phi) is 16.9. The zero-order valence-electron chi connectivity index (χ0n) is 20.0. The number of ether oxygens (including phenoxy) is 1. The molecule has 1 aromatic carbocycles. The van der Waals surface area contributed by atoms with Crippen LogP contribution >= 0.6 is 15.9 Å². The molecule has 0 saturated carbocycles. The minimum atomic E-state index is -0.373. The summed E-state index contributed by atoms with van der Waals surface area (Å²) in [4.78, 5) is 23.9. The minimum Gasteiger partial charge on any atom is -0.489 e. The monoisotopic (exact) mass is 521 g/mol. The molecule has 0 aliphatic carbocycles. The third-order valence-corrected chi connectivity index (χ3v) is 5.67. The number of nitrogens with one attached hydrogen (secondary N) is 2. The predicted octanol–water partition coefficient (Wildman–Crippen LogP) is 6.28. The summed E-state index contributed by atoms with van der Waals surface area (Å²) in [6.45, 7) is 6.16. The molecule has 6 nitrogen and oxygen atoms in total. The molecular formula is C26H40BrN3O3. The van der Waals surface area contributed by atoms with Crippen molar-refractivity contribution < 1.29 is 14.3 Å². The van der Waals surface area contributed by atoms with Gasteiger partial charge in [-0.05, 0) is 24.6 Å². The van der Waals surface area contributed by atoms with Crippen LogP contribution in [-0.2, 0) is 9.59 Å². The Morgan fingerprint density at radius 2 is 1.64 bits per heavy atom. The van der Waals surface area contributed by atoms with Gasteiger partial charge in [0.25, 0.3) is 5.91 Å². The van der Waals surface area contributed by atoms with Crippen LogP contribution < -0.4 is 15.5 Å². The molecule has 1 rings (SSSR count). The number of halogens is 1. The molecular weight excluding hydrogens is 482 g/mol. The topological polar surface area (TPSA) is 79.8 Å². The highest BCUT2D eigenvalue weighted by atomic mass is 79.9. The van der Waals surface area contributed by atoms with E-state index in [2.05, 4.69) is 45.3 Å². The molecule has 184 valence electrons. The smallest absolute Gasteiger partial charge is 0.259 e. The molecule has 2 amide bonds. The quantitative estimate of drug-likeness (QED) is 0.0971. The van der Waals surface area contributed by atoms with Gasteiger partial charge in [0.15, 0.2) is 0 Å². The maximum Gasteiger partial charge on any atom is 0.259 e. The lowest BCUT2D eigenvalue weighted by atomic mass is 10.1. The fourth-order valence-electron chi connectivity index (χ4n) is 3.33. The lowest BCUT2D eigenvalue weighted by molar-refractivity contribution is -0.126. The van der Waals surface area contributed by atoms with Gasteiger partial charge in [0.05, 0.1) is 12.8 Å². The fourth-order valence-corrected chi connectivity index (χ4v) is 3.71. The van der Waals surface area contributed by atoms with Crippen molar-refractivity contribution in [2.24, 2.45) is 5.10 Å². The van der Waals surface area contributed by atoms with E-state index >= 15 is 0 Å². The molecule has 0 radical (unpaired) electrons. The Morgan fingerprint density at radius 1 is 1.00 bits per heavy atom. The van der Waals surface area contributed by atoms with Gasteiger partial charge in [0.2, 0.25) is 5.91 Å². The normalized spacial score (nSPS) is 10.8. The number of carbonyl (C=O) groups is 2. The summed E-state index contributed by atoms with van der Waals surface area (Å²) in [7, 11) is 0. The van der Waals surface area contributed by atoms with Crippen molar-refractivity contribution in [1.82, 2.24) is 10.7 Å². The number of hydrogen-bond acceptors (Lipinski definition) is 4. The number of rotatable bonds is 19. The highest BCUT2D eigenvalue weighted by Gasteiger charge is 2.06. The lowest BCUT2D eigenvalue weighted by Crippen LogP contribution is -2.34. The molecule has 2 N–H and O–H groups in total. The zero-order valence-corrected chi connectivity index (χ0v) is 21.6. The van der Waals surface area contributed by atoms with E-state index in [-0.39, 0.29) is 18.4 Å². The van der Waals surface area contributed by atoms with E-state index < -0.39 is 0 Å². The van der Waals surface area contributed by atoms with E-state index in [0.29, 0.717) is 24.3 Å². The minimum absolute atomic E-state index is 0.0908. The average Bonchev–Trinajstić information content (AvgIpc) is 2.80. The standard InChI is InChI=1S/C26H40BrN3O3/c1-3-5-6-7-8-9-10-11-12-13-14-15-25(31)28-21-26(32)30-29-20-22-19-23(27)16-17-24(22)33-18-4-2/h4,16-17,19-20H,2-3,5-15,18,21H2,1H3,(H,28,31)(H,30,32)/b29-20-. The van der Waals surface area contributed by atoms with E-state index in [1.807, 2.05) is 18.2 Å². The molecule has 1 aromatic rings. The second-order valence-electron chi connectivity index (χ2n) is 8.14. The number of amides is 2. The van der Waals surface area contributed by atoms with Crippen molar-refractivity contribution in [2.45, 2.75) is 84.0 Å². The van der Waals surface area contributed by atoms with E-state index in [1.54, 1.807) is 6.08 Å². The first-order valence-corrected chi connectivity index (χ1v) is 13.0. The van der Waals surface area contributed by atoms with Gasteiger partial charge >= 0.3 is 0 Å². The van der Waals surface area contributed by atoms with Crippen LogP contribution in [0.3, 0.4) is 0 Å². The van der Waals surface area contributed by atoms with Crippen molar-refractivity contribution in [3.8, 4) is 5.75 Å². The maximum atomic E-state index is 11.9. The van der Waals surface area contributed by atoms with Crippen LogP contribution in [0.25, 0.3) is 0 Å². The Labute approximate surface area is 207 Å². The number of hydrogen-bond donors (Lipinski definition) is 2. The third kappa shape index (κ3) is 15.3. The predicted molar refractivity (Wildman–Crippen MR) is 140 cm³/mol. The third-order valence-electron chi connectivity index (χ3n) is 5.17. The highest BCUT2D eigenvalue weighted by Crippen LogP contribution is 2.21. The Hall–Kier alpha value is -2.15. The van der Waals surface area contributed by atoms with Gasteiger partial charge in [0, 0.05) is 16.5 Å². The molecule has 0 aliphatic rings. The second-order valence-corrected chi connectivity index (χ2v) is 9.05. The van der Waals surface area contributed by atoms with Crippen LogP contribution in [0, 0.1) is 0 Å². The highest BCUT2D eigenvalue weighted by molar-refractivity contribution is 9.10. The van der Waals surface area contributed by atoms with Crippen LogP contribution in [0.1, 0.15) is 89.5 Å². The van der Waals surface area contributed by atoms with Gasteiger partial charge in [-0.25, -0.2) is 5.43 Å². The van der Waals surface area contributed by atoms with Gasteiger partial charge in [-0.3, -0.25) is 9.59 Å². The van der Waals surface area contributed by atoms with Crippen molar-refractivity contribution in [3.05, 3.63) is 40.9 Å². The van der Waals surface area contributed by atoms with Crippen molar-refractivity contribution in [2.75, 3.05) is 13.2 Å². The molecule has 0 atom stereocenters. The van der Waals surface area contributed by atoms with Gasteiger partial charge in [-0.2, -0.15) is 5.10 Å². The molecule has 0 heterocycles. The molecule has 0 aliphatic heterocycles. The summed E-state index contributed by atoms with van der Waals surface area (Å²) in [6.07, 6.45) is 17.3. The fraction of sp³-hybridized carbons (Fsp3) is 0.577. The molecule has 0 spiro atoms. The lowest BCUT2D eigenvalue weighted by Gasteiger charge is -2.07. The van der Waals surface area contributed by atoms with Gasteiger partial charge < -0.3 is 10.1 Å². The van der Waals surface area contributed by atoms with Gasteiger partial charge in [-0.15, -0.1) is 0 Å². The summed E-state index contributed by atoms with van der Waals surface area (Å²) in [5, 5.41) is 6.61. The van der Waals surface area contributed by atoms with Gasteiger partial charge in [0.1, 0.15) is 12.4 Å². The Balaban J connectivity index is 2.12. The largest absolute Gasteiger partial charge is 0.489 e. The SMILES string of the molecule is C=CCOc1ccc(Br)cc1/C=N\NC(=O)CNC(=O)CCCCCCCCCCCCC. The number of unbranched alkanes of at least 4 members (excludes halogenated alkanes) is 10. The first-order chi connectivity index (χ1) is 16.1.